The normalized spacial score (nSPS) is 23.0. The van der Waals surface area contributed by atoms with Crippen LogP contribution in [0.3, 0.4) is 0 Å². The van der Waals surface area contributed by atoms with Gasteiger partial charge >= 0.3 is 12.1 Å². The Morgan fingerprint density at radius 2 is 2.13 bits per heavy atom. The lowest BCUT2D eigenvalue weighted by Gasteiger charge is -2.23. The van der Waals surface area contributed by atoms with Crippen LogP contribution in [0.4, 0.5) is 4.79 Å². The minimum absolute atomic E-state index is 0.0202. The fraction of sp³-hybridized carbons (Fsp3) is 0.429. The number of amides is 1. The van der Waals surface area contributed by atoms with Crippen molar-refractivity contribution in [3.8, 4) is 0 Å². The Labute approximate surface area is 132 Å². The molecule has 1 fully saturated rings. The molecule has 23 heavy (non-hydrogen) atoms. The molecule has 3 atom stereocenters. The summed E-state index contributed by atoms with van der Waals surface area (Å²) in [5.74, 6) is -0.801. The summed E-state index contributed by atoms with van der Waals surface area (Å²) in [7, 11) is 1.14. The predicted molar refractivity (Wildman–Crippen MR) is 78.1 cm³/mol. The molecule has 0 spiro atoms. The molecular weight excluding hydrogens is 304 g/mol. The van der Waals surface area contributed by atoms with E-state index in [0.29, 0.717) is 0 Å². The number of carbonyl (C=O) groups is 2. The summed E-state index contributed by atoms with van der Waals surface area (Å²) in [6.45, 7) is -0.106. The van der Waals surface area contributed by atoms with E-state index >= 15 is 0 Å². The molecule has 0 bridgehead atoms. The van der Waals surface area contributed by atoms with Crippen LogP contribution in [-0.2, 0) is 20.9 Å². The van der Waals surface area contributed by atoms with Crippen molar-refractivity contribution in [2.75, 3.05) is 13.7 Å². The van der Waals surface area contributed by atoms with Crippen LogP contribution in [0.5, 0.6) is 0 Å². The molecule has 0 aromatic heterocycles. The summed E-state index contributed by atoms with van der Waals surface area (Å²) in [6, 6.07) is 6.81. The number of azide groups is 1. The average Bonchev–Trinajstić information content (AvgIpc) is 2.90. The number of hydrogen-bond acceptors (Lipinski definition) is 6. The second-order valence-electron chi connectivity index (χ2n) is 4.92. The number of esters is 1. The van der Waals surface area contributed by atoms with Gasteiger partial charge in [-0.05, 0) is 11.1 Å². The zero-order chi connectivity index (χ0) is 16.8. The fourth-order valence-electron chi connectivity index (χ4n) is 2.37. The third kappa shape index (κ3) is 3.71. The molecule has 9 heteroatoms. The highest BCUT2D eigenvalue weighted by atomic mass is 16.6. The van der Waals surface area contributed by atoms with E-state index in [1.807, 2.05) is 6.07 Å². The van der Waals surface area contributed by atoms with E-state index in [-0.39, 0.29) is 13.2 Å². The summed E-state index contributed by atoms with van der Waals surface area (Å²) in [4.78, 5) is 27.6. The van der Waals surface area contributed by atoms with Gasteiger partial charge in [-0.25, -0.2) is 9.59 Å². The zero-order valence-corrected chi connectivity index (χ0v) is 12.4. The lowest BCUT2D eigenvalue weighted by molar-refractivity contribution is -0.148. The van der Waals surface area contributed by atoms with Crippen LogP contribution in [-0.4, -0.2) is 53.9 Å². The molecule has 0 unspecified atom stereocenters. The molecule has 9 nitrogen and oxygen atoms in total. The van der Waals surface area contributed by atoms with Crippen LogP contribution in [0.1, 0.15) is 5.56 Å². The molecule has 1 amide bonds. The molecule has 1 heterocycles. The third-order valence-electron chi connectivity index (χ3n) is 3.52. The van der Waals surface area contributed by atoms with Crippen molar-refractivity contribution in [3.63, 3.8) is 0 Å². The Balaban J connectivity index is 2.09. The van der Waals surface area contributed by atoms with E-state index in [0.717, 1.165) is 17.6 Å². The first kappa shape index (κ1) is 16.6. The quantitative estimate of drug-likeness (QED) is 0.386. The van der Waals surface area contributed by atoms with Crippen LogP contribution in [0, 0.1) is 0 Å². The van der Waals surface area contributed by atoms with E-state index in [1.54, 1.807) is 24.3 Å². The molecule has 1 aliphatic rings. The monoisotopic (exact) mass is 320 g/mol. The van der Waals surface area contributed by atoms with Gasteiger partial charge in [0.15, 0.2) is 6.04 Å². The SMILES string of the molecule is COC(=O)[C@@H]1[C@H](O)[C@@H](N=[N+]=[N-])CN1C(=O)OCc1ccccc1. The second-order valence-corrected chi connectivity index (χ2v) is 4.92. The maximum atomic E-state index is 12.2. The van der Waals surface area contributed by atoms with E-state index < -0.39 is 30.3 Å². The highest BCUT2D eigenvalue weighted by Gasteiger charge is 2.48. The Bertz CT molecular complexity index is 617. The summed E-state index contributed by atoms with van der Waals surface area (Å²) < 4.78 is 9.74. The van der Waals surface area contributed by atoms with Crippen molar-refractivity contribution in [1.82, 2.24) is 4.90 Å². The Morgan fingerprint density at radius 3 is 2.74 bits per heavy atom. The molecule has 0 saturated carbocycles. The van der Waals surface area contributed by atoms with Crippen LogP contribution < -0.4 is 0 Å². The lowest BCUT2D eigenvalue weighted by atomic mass is 10.1. The number of nitrogens with zero attached hydrogens (tertiary/aromatic N) is 4. The number of aliphatic hydroxyl groups excluding tert-OH is 1. The Morgan fingerprint density at radius 1 is 1.43 bits per heavy atom. The van der Waals surface area contributed by atoms with E-state index in [4.69, 9.17) is 10.3 Å². The summed E-state index contributed by atoms with van der Waals surface area (Å²) in [5, 5.41) is 13.5. The highest BCUT2D eigenvalue weighted by molar-refractivity contribution is 5.83. The zero-order valence-electron chi connectivity index (χ0n) is 12.4. The number of hydrogen-bond donors (Lipinski definition) is 1. The smallest absolute Gasteiger partial charge is 0.410 e. The first-order valence-corrected chi connectivity index (χ1v) is 6.86. The number of likely N-dealkylation sites (tertiary alicyclic amines) is 1. The highest BCUT2D eigenvalue weighted by Crippen LogP contribution is 2.23. The molecule has 1 N–H and O–H groups in total. The minimum atomic E-state index is -1.34. The van der Waals surface area contributed by atoms with E-state index in [1.165, 1.54) is 0 Å². The van der Waals surface area contributed by atoms with Gasteiger partial charge in [0.2, 0.25) is 0 Å². The summed E-state index contributed by atoms with van der Waals surface area (Å²) in [5.41, 5.74) is 9.28. The topological polar surface area (TPSA) is 125 Å². The van der Waals surface area contributed by atoms with Gasteiger partial charge in [-0.3, -0.25) is 4.90 Å². The van der Waals surface area contributed by atoms with Crippen molar-refractivity contribution in [3.05, 3.63) is 46.3 Å². The van der Waals surface area contributed by atoms with Crippen LogP contribution in [0.25, 0.3) is 10.4 Å². The molecule has 1 saturated heterocycles. The van der Waals surface area contributed by atoms with Gasteiger partial charge in [0, 0.05) is 11.5 Å². The lowest BCUT2D eigenvalue weighted by Crippen LogP contribution is -2.46. The minimum Gasteiger partial charge on any atom is -0.467 e. The largest absolute Gasteiger partial charge is 0.467 e. The molecule has 1 aromatic rings. The first-order chi connectivity index (χ1) is 11.1. The standard InChI is InChI=1S/C14H16N4O5/c1-22-13(20)11-12(19)10(16-17-15)7-18(11)14(21)23-8-9-5-3-2-4-6-9/h2-6,10-12,19H,7-8H2,1H3/t10-,11-,12+/m0/s1. The predicted octanol–water partition coefficient (Wildman–Crippen LogP) is 1.22. The van der Waals surface area contributed by atoms with Crippen molar-refractivity contribution < 1.29 is 24.2 Å². The summed E-state index contributed by atoms with van der Waals surface area (Å²) >= 11 is 0. The number of carbonyl (C=O) groups excluding carboxylic acids is 2. The molecule has 0 aliphatic carbocycles. The molecular formula is C14H16N4O5. The molecule has 1 aromatic carbocycles. The molecule has 0 radical (unpaired) electrons. The van der Waals surface area contributed by atoms with Crippen LogP contribution in [0.2, 0.25) is 0 Å². The van der Waals surface area contributed by atoms with Crippen molar-refractivity contribution >= 4 is 12.1 Å². The number of methoxy groups -OCH3 is 1. The van der Waals surface area contributed by atoms with Crippen LogP contribution >= 0.6 is 0 Å². The number of aliphatic hydroxyl groups is 1. The average molecular weight is 320 g/mol. The Hall–Kier alpha value is -2.77. The second kappa shape index (κ2) is 7.48. The maximum Gasteiger partial charge on any atom is 0.410 e. The van der Waals surface area contributed by atoms with Gasteiger partial charge in [0.1, 0.15) is 6.61 Å². The maximum absolute atomic E-state index is 12.2. The van der Waals surface area contributed by atoms with Crippen LogP contribution in [0.15, 0.2) is 35.4 Å². The van der Waals surface area contributed by atoms with E-state index in [9.17, 15) is 14.7 Å². The van der Waals surface area contributed by atoms with Gasteiger partial charge in [0.05, 0.1) is 19.3 Å². The fourth-order valence-corrected chi connectivity index (χ4v) is 2.37. The van der Waals surface area contributed by atoms with Crippen molar-refractivity contribution in [2.45, 2.75) is 24.8 Å². The number of ether oxygens (including phenoxy) is 2. The van der Waals surface area contributed by atoms with Gasteiger partial charge in [-0.1, -0.05) is 35.4 Å². The molecule has 1 aliphatic heterocycles. The van der Waals surface area contributed by atoms with Crippen molar-refractivity contribution in [1.29, 1.82) is 0 Å². The van der Waals surface area contributed by atoms with Gasteiger partial charge in [-0.15, -0.1) is 0 Å². The summed E-state index contributed by atoms with van der Waals surface area (Å²) in [6.07, 6.45) is -2.14. The number of rotatable bonds is 4. The third-order valence-corrected chi connectivity index (χ3v) is 3.52. The van der Waals surface area contributed by atoms with Crippen molar-refractivity contribution in [2.24, 2.45) is 5.11 Å². The molecule has 122 valence electrons. The first-order valence-electron chi connectivity index (χ1n) is 6.86. The van der Waals surface area contributed by atoms with Gasteiger partial charge in [0.25, 0.3) is 0 Å². The van der Waals surface area contributed by atoms with Gasteiger partial charge < -0.3 is 14.6 Å². The van der Waals surface area contributed by atoms with Gasteiger partial charge in [-0.2, -0.15) is 0 Å². The van der Waals surface area contributed by atoms with E-state index in [2.05, 4.69) is 14.8 Å². The Kier molecular flexibility index (Phi) is 5.40. The number of benzene rings is 1. The molecule has 2 rings (SSSR count).